The number of carboxylic acid groups (broad SMARTS) is 1. The number of aromatic nitrogens is 1. The van der Waals surface area contributed by atoms with Crippen molar-refractivity contribution in [3.8, 4) is 0 Å². The van der Waals surface area contributed by atoms with Crippen molar-refractivity contribution in [2.24, 2.45) is 0 Å². The first kappa shape index (κ1) is 14.0. The van der Waals surface area contributed by atoms with E-state index in [0.717, 1.165) is 0 Å². The third-order valence-electron chi connectivity index (χ3n) is 2.10. The monoisotopic (exact) mass is 257 g/mol. The number of aliphatic hydroxyl groups excluding tert-OH is 2. The highest BCUT2D eigenvalue weighted by Gasteiger charge is 2.10. The zero-order chi connectivity index (χ0) is 12.8. The van der Waals surface area contributed by atoms with Gasteiger partial charge in [0.1, 0.15) is 0 Å². The van der Waals surface area contributed by atoms with Gasteiger partial charge in [0.2, 0.25) is 0 Å². The van der Waals surface area contributed by atoms with Crippen LogP contribution in [0.15, 0.2) is 17.2 Å². The van der Waals surface area contributed by atoms with Crippen LogP contribution in [-0.2, 0) is 6.42 Å². The Kier molecular flexibility index (Phi) is 5.40. The number of pyridine rings is 1. The lowest BCUT2D eigenvalue weighted by atomic mass is 10.2. The minimum Gasteiger partial charge on any atom is -0.478 e. The van der Waals surface area contributed by atoms with Crippen molar-refractivity contribution in [2.75, 3.05) is 12.4 Å². The quantitative estimate of drug-likeness (QED) is 0.653. The number of aliphatic hydroxyl groups is 2. The molecule has 3 N–H and O–H groups in total. The fraction of sp³-hybridized carbons (Fsp3) is 0.455. The molecule has 1 aromatic rings. The van der Waals surface area contributed by atoms with Gasteiger partial charge in [-0.25, -0.2) is 9.78 Å². The molecular weight excluding hydrogens is 242 g/mol. The van der Waals surface area contributed by atoms with Crippen LogP contribution < -0.4 is 0 Å². The highest BCUT2D eigenvalue weighted by molar-refractivity contribution is 7.99. The number of aryl methyl sites for hydroxylation is 1. The number of nitrogens with zero attached hydrogens (tertiary/aromatic N) is 1. The second-order valence-corrected chi connectivity index (χ2v) is 4.53. The molecule has 0 aliphatic carbocycles. The summed E-state index contributed by atoms with van der Waals surface area (Å²) in [5.74, 6) is -0.706. The summed E-state index contributed by atoms with van der Waals surface area (Å²) in [5.41, 5.74) is 0.892. The van der Waals surface area contributed by atoms with Crippen molar-refractivity contribution in [2.45, 2.75) is 24.5 Å². The van der Waals surface area contributed by atoms with Crippen LogP contribution in [0.2, 0.25) is 0 Å². The summed E-state index contributed by atoms with van der Waals surface area (Å²) >= 11 is 1.23. The smallest absolute Gasteiger partial charge is 0.335 e. The zero-order valence-electron chi connectivity index (χ0n) is 9.46. The number of hydrogen-bond donors (Lipinski definition) is 3. The zero-order valence-corrected chi connectivity index (χ0v) is 10.3. The molecule has 0 saturated carbocycles. The molecule has 0 spiro atoms. The summed E-state index contributed by atoms with van der Waals surface area (Å²) in [4.78, 5) is 15.1. The van der Waals surface area contributed by atoms with Gasteiger partial charge in [0.25, 0.3) is 0 Å². The van der Waals surface area contributed by atoms with Gasteiger partial charge in [0, 0.05) is 11.4 Å². The first-order valence-corrected chi connectivity index (χ1v) is 6.21. The summed E-state index contributed by atoms with van der Waals surface area (Å²) in [6.07, 6.45) is -0.169. The highest BCUT2D eigenvalue weighted by Crippen LogP contribution is 2.19. The number of aromatic carboxylic acids is 1. The van der Waals surface area contributed by atoms with E-state index in [9.17, 15) is 9.90 Å². The maximum atomic E-state index is 10.9. The molecular formula is C11H15NO4S. The molecule has 0 radical (unpaired) electrons. The van der Waals surface area contributed by atoms with Gasteiger partial charge in [0.05, 0.1) is 23.3 Å². The molecule has 0 aromatic carbocycles. The number of rotatable bonds is 6. The Morgan fingerprint density at radius 3 is 2.76 bits per heavy atom. The lowest BCUT2D eigenvalue weighted by Gasteiger charge is -2.08. The van der Waals surface area contributed by atoms with Gasteiger partial charge in [-0.2, -0.15) is 0 Å². The minimum absolute atomic E-state index is 0.192. The largest absolute Gasteiger partial charge is 0.478 e. The van der Waals surface area contributed by atoms with Crippen molar-refractivity contribution in [1.82, 2.24) is 4.98 Å². The molecule has 1 heterocycles. The average Bonchev–Trinajstić information content (AvgIpc) is 2.35. The van der Waals surface area contributed by atoms with E-state index >= 15 is 0 Å². The van der Waals surface area contributed by atoms with Crippen molar-refractivity contribution < 1.29 is 20.1 Å². The molecule has 17 heavy (non-hydrogen) atoms. The Bertz CT molecular complexity index is 397. The second-order valence-electron chi connectivity index (χ2n) is 3.49. The number of carbonyl (C=O) groups is 1. The molecule has 5 nitrogen and oxygen atoms in total. The summed E-state index contributed by atoms with van der Waals surface area (Å²) < 4.78 is 0. The molecule has 0 fully saturated rings. The van der Waals surface area contributed by atoms with Gasteiger partial charge in [0.15, 0.2) is 0 Å². The third kappa shape index (κ3) is 4.33. The Morgan fingerprint density at radius 1 is 1.53 bits per heavy atom. The van der Waals surface area contributed by atoms with E-state index in [0.29, 0.717) is 17.1 Å². The van der Waals surface area contributed by atoms with E-state index in [4.69, 9.17) is 10.2 Å². The molecule has 1 atom stereocenters. The fourth-order valence-corrected chi connectivity index (χ4v) is 2.03. The van der Waals surface area contributed by atoms with Crippen LogP contribution in [0.4, 0.5) is 0 Å². The van der Waals surface area contributed by atoms with Crippen LogP contribution in [-0.4, -0.2) is 44.7 Å². The average molecular weight is 257 g/mol. The topological polar surface area (TPSA) is 90.7 Å². The Hall–Kier alpha value is -1.11. The number of hydrogen-bond acceptors (Lipinski definition) is 5. The molecule has 94 valence electrons. The number of thioether (sulfide) groups is 1. The standard InChI is InChI=1S/C11H15NO4S/c1-2-8-3-7(11(15)16)4-10(12-8)17-6-9(14)5-13/h3-4,9,13-14H,2,5-6H2,1H3,(H,15,16). The van der Waals surface area contributed by atoms with Crippen LogP contribution in [0.3, 0.4) is 0 Å². The molecule has 1 aromatic heterocycles. The summed E-state index contributed by atoms with van der Waals surface area (Å²) in [6, 6.07) is 3.01. The molecule has 6 heteroatoms. The van der Waals surface area contributed by atoms with Crippen molar-refractivity contribution in [1.29, 1.82) is 0 Å². The summed E-state index contributed by atoms with van der Waals surface area (Å²) in [5, 5.41) is 27.4. The molecule has 0 aliphatic rings. The highest BCUT2D eigenvalue weighted by atomic mass is 32.2. The fourth-order valence-electron chi connectivity index (χ4n) is 1.17. The lowest BCUT2D eigenvalue weighted by Crippen LogP contribution is -2.14. The maximum Gasteiger partial charge on any atom is 0.335 e. The first-order chi connectivity index (χ1) is 8.06. The molecule has 1 unspecified atom stereocenters. The van der Waals surface area contributed by atoms with E-state index in [1.807, 2.05) is 6.92 Å². The van der Waals surface area contributed by atoms with E-state index < -0.39 is 12.1 Å². The molecule has 1 rings (SSSR count). The molecule has 0 saturated heterocycles. The van der Waals surface area contributed by atoms with Gasteiger partial charge in [-0.3, -0.25) is 0 Å². The van der Waals surface area contributed by atoms with Gasteiger partial charge >= 0.3 is 5.97 Å². The summed E-state index contributed by atoms with van der Waals surface area (Å²) in [7, 11) is 0. The van der Waals surface area contributed by atoms with Crippen molar-refractivity contribution in [3.05, 3.63) is 23.4 Å². The Labute approximate surface area is 104 Å². The van der Waals surface area contributed by atoms with Gasteiger partial charge in [-0.1, -0.05) is 6.92 Å². The second kappa shape index (κ2) is 6.58. The number of carboxylic acids is 1. The van der Waals surface area contributed by atoms with E-state index in [1.54, 1.807) is 0 Å². The molecule has 0 bridgehead atoms. The lowest BCUT2D eigenvalue weighted by molar-refractivity contribution is 0.0696. The van der Waals surface area contributed by atoms with E-state index in [1.165, 1.54) is 23.9 Å². The first-order valence-electron chi connectivity index (χ1n) is 5.22. The third-order valence-corrected chi connectivity index (χ3v) is 3.15. The van der Waals surface area contributed by atoms with Crippen LogP contribution >= 0.6 is 11.8 Å². The normalized spacial score (nSPS) is 12.4. The van der Waals surface area contributed by atoms with Gasteiger partial charge < -0.3 is 15.3 Å². The van der Waals surface area contributed by atoms with Crippen LogP contribution in [0.25, 0.3) is 0 Å². The van der Waals surface area contributed by atoms with E-state index in [-0.39, 0.29) is 17.9 Å². The van der Waals surface area contributed by atoms with E-state index in [2.05, 4.69) is 4.98 Å². The summed E-state index contributed by atoms with van der Waals surface area (Å²) in [6.45, 7) is 1.58. The van der Waals surface area contributed by atoms with Crippen molar-refractivity contribution in [3.63, 3.8) is 0 Å². The maximum absolute atomic E-state index is 10.9. The van der Waals surface area contributed by atoms with Crippen molar-refractivity contribution >= 4 is 17.7 Å². The Balaban J connectivity index is 2.83. The predicted octanol–water partition coefficient (Wildman–Crippen LogP) is 0.787. The van der Waals surface area contributed by atoms with Crippen LogP contribution in [0, 0.1) is 0 Å². The van der Waals surface area contributed by atoms with Gasteiger partial charge in [-0.05, 0) is 18.6 Å². The predicted molar refractivity (Wildman–Crippen MR) is 64.4 cm³/mol. The molecule has 0 aliphatic heterocycles. The minimum atomic E-state index is -0.994. The molecule has 0 amide bonds. The SMILES string of the molecule is CCc1cc(C(=O)O)cc(SCC(O)CO)n1. The van der Waals surface area contributed by atoms with Gasteiger partial charge in [-0.15, -0.1) is 11.8 Å². The van der Waals surface area contributed by atoms with Crippen LogP contribution in [0.5, 0.6) is 0 Å². The van der Waals surface area contributed by atoms with Crippen LogP contribution in [0.1, 0.15) is 23.0 Å². The Morgan fingerprint density at radius 2 is 2.24 bits per heavy atom.